The molecule has 0 aromatic heterocycles. The predicted octanol–water partition coefficient (Wildman–Crippen LogP) is 4.39. The van der Waals surface area contributed by atoms with Crippen molar-refractivity contribution in [2.45, 2.75) is 71.1 Å². The molecule has 126 valence electrons. The molecule has 4 fully saturated rings. The first kappa shape index (κ1) is 18.0. The highest BCUT2D eigenvalue weighted by molar-refractivity contribution is 7.80. The number of hydrogen-bond donors (Lipinski definition) is 2. The van der Waals surface area contributed by atoms with Crippen molar-refractivity contribution in [2.75, 3.05) is 0 Å². The van der Waals surface area contributed by atoms with E-state index in [1.807, 2.05) is 0 Å². The highest BCUT2D eigenvalue weighted by Gasteiger charge is 2.54. The van der Waals surface area contributed by atoms with Crippen molar-refractivity contribution < 1.29 is 0 Å². The molecule has 3 N–H and O–H groups in total. The van der Waals surface area contributed by atoms with Crippen LogP contribution in [0.5, 0.6) is 0 Å². The Bertz CT molecular complexity index is 424. The summed E-state index contributed by atoms with van der Waals surface area (Å²) in [6.07, 6.45) is 13.6. The average Bonchev–Trinajstić information content (AvgIpc) is 2.42. The van der Waals surface area contributed by atoms with Crippen LogP contribution in [0.1, 0.15) is 71.1 Å². The number of unbranched alkanes of at least 4 members (excludes halogenated alkanes) is 3. The summed E-state index contributed by atoms with van der Waals surface area (Å²) in [5.74, 6) is 2.61. The van der Waals surface area contributed by atoms with E-state index in [1.54, 1.807) is 0 Å². The standard InChI is InChI=1S/C17H29N3S.ClH/c1-2-3-4-5-6-17-10-12-7-13(11-17)9-14(8-12)15(17)19-20-16(18)21;/h12-14H,2-11H2,1H3,(H3,18,20,21);1H/b19-15+;/t12-,13+,14?,17?;. The second kappa shape index (κ2) is 7.48. The van der Waals surface area contributed by atoms with Crippen molar-refractivity contribution in [2.24, 2.45) is 34.0 Å². The van der Waals surface area contributed by atoms with Gasteiger partial charge in [0.15, 0.2) is 5.11 Å². The van der Waals surface area contributed by atoms with Gasteiger partial charge in [0, 0.05) is 17.0 Å². The number of halogens is 1. The maximum Gasteiger partial charge on any atom is 0.184 e. The van der Waals surface area contributed by atoms with E-state index in [2.05, 4.69) is 12.3 Å². The van der Waals surface area contributed by atoms with Crippen LogP contribution in [0.2, 0.25) is 0 Å². The fourth-order valence-corrected chi connectivity index (χ4v) is 5.55. The van der Waals surface area contributed by atoms with Crippen molar-refractivity contribution in [1.29, 1.82) is 0 Å². The maximum atomic E-state index is 5.59. The number of nitrogens with two attached hydrogens (primary N) is 1. The molecule has 3 nitrogen and oxygen atoms in total. The van der Waals surface area contributed by atoms with Crippen LogP contribution in [0.3, 0.4) is 0 Å². The van der Waals surface area contributed by atoms with Crippen molar-refractivity contribution in [3.05, 3.63) is 0 Å². The lowest BCUT2D eigenvalue weighted by atomic mass is 9.47. The average molecular weight is 344 g/mol. The molecule has 4 atom stereocenters. The Morgan fingerprint density at radius 3 is 2.50 bits per heavy atom. The molecule has 0 amide bonds. The first-order valence-corrected chi connectivity index (χ1v) is 9.17. The topological polar surface area (TPSA) is 50.4 Å². The van der Waals surface area contributed by atoms with Gasteiger partial charge >= 0.3 is 0 Å². The molecule has 5 heteroatoms. The molecule has 0 radical (unpaired) electrons. The van der Waals surface area contributed by atoms with Crippen molar-refractivity contribution in [1.82, 2.24) is 5.43 Å². The zero-order valence-electron chi connectivity index (χ0n) is 13.6. The molecule has 4 bridgehead atoms. The zero-order valence-corrected chi connectivity index (χ0v) is 15.3. The number of nitrogens with one attached hydrogen (secondary N) is 1. The first-order chi connectivity index (χ1) is 10.1. The van der Waals surface area contributed by atoms with E-state index in [-0.39, 0.29) is 12.4 Å². The minimum Gasteiger partial charge on any atom is -0.375 e. The first-order valence-electron chi connectivity index (χ1n) is 8.76. The summed E-state index contributed by atoms with van der Waals surface area (Å²) in [6.45, 7) is 2.28. The second-order valence-corrected chi connectivity index (χ2v) is 8.05. The van der Waals surface area contributed by atoms with Crippen LogP contribution in [-0.4, -0.2) is 10.8 Å². The van der Waals surface area contributed by atoms with E-state index in [1.165, 1.54) is 69.9 Å². The van der Waals surface area contributed by atoms with Crippen LogP contribution >= 0.6 is 24.6 Å². The van der Waals surface area contributed by atoms with Crippen molar-refractivity contribution in [3.8, 4) is 0 Å². The van der Waals surface area contributed by atoms with Gasteiger partial charge < -0.3 is 5.73 Å². The SMILES string of the molecule is CCCCCCC12C[C@@H]3CC(C[C@@H](C3)C1)/C2=N\NC(N)=S.Cl. The molecule has 2 unspecified atom stereocenters. The van der Waals surface area contributed by atoms with Gasteiger partial charge in [-0.2, -0.15) is 5.10 Å². The summed E-state index contributed by atoms with van der Waals surface area (Å²) in [6, 6.07) is 0. The molecule has 4 rings (SSSR count). The summed E-state index contributed by atoms with van der Waals surface area (Å²) in [7, 11) is 0. The number of nitrogens with zero attached hydrogens (tertiary/aromatic N) is 1. The van der Waals surface area contributed by atoms with E-state index >= 15 is 0 Å². The Hall–Kier alpha value is -0.350. The monoisotopic (exact) mass is 343 g/mol. The molecule has 0 aromatic rings. The van der Waals surface area contributed by atoms with Crippen LogP contribution in [0, 0.1) is 23.2 Å². The minimum atomic E-state index is 0. The van der Waals surface area contributed by atoms with Crippen LogP contribution in [0.15, 0.2) is 5.10 Å². The van der Waals surface area contributed by atoms with Gasteiger partial charge in [-0.25, -0.2) is 0 Å². The fourth-order valence-electron chi connectivity index (χ4n) is 5.50. The summed E-state index contributed by atoms with van der Waals surface area (Å²) < 4.78 is 0. The third-order valence-electron chi connectivity index (χ3n) is 5.99. The molecule has 4 aliphatic carbocycles. The molecular weight excluding hydrogens is 314 g/mol. The zero-order chi connectivity index (χ0) is 14.9. The quantitative estimate of drug-likeness (QED) is 0.427. The normalized spacial score (nSPS) is 37.1. The van der Waals surface area contributed by atoms with E-state index in [4.69, 9.17) is 23.1 Å². The van der Waals surface area contributed by atoms with Gasteiger partial charge in [-0.1, -0.05) is 32.6 Å². The summed E-state index contributed by atoms with van der Waals surface area (Å²) >= 11 is 4.95. The molecule has 4 aliphatic rings. The Balaban J connectivity index is 0.00000176. The lowest BCUT2D eigenvalue weighted by Gasteiger charge is -2.57. The lowest BCUT2D eigenvalue weighted by Crippen LogP contribution is -2.54. The summed E-state index contributed by atoms with van der Waals surface area (Å²) in [5.41, 5.74) is 10.3. The minimum absolute atomic E-state index is 0. The van der Waals surface area contributed by atoms with Gasteiger partial charge in [0.25, 0.3) is 0 Å². The van der Waals surface area contributed by atoms with Crippen LogP contribution in [0.4, 0.5) is 0 Å². The van der Waals surface area contributed by atoms with Gasteiger partial charge in [0.1, 0.15) is 0 Å². The molecule has 0 aromatic carbocycles. The van der Waals surface area contributed by atoms with Crippen LogP contribution < -0.4 is 11.2 Å². The number of rotatable bonds is 6. The maximum absolute atomic E-state index is 5.59. The molecule has 0 aliphatic heterocycles. The van der Waals surface area contributed by atoms with Crippen molar-refractivity contribution >= 4 is 35.4 Å². The predicted molar refractivity (Wildman–Crippen MR) is 99.4 cm³/mol. The largest absolute Gasteiger partial charge is 0.375 e. The van der Waals surface area contributed by atoms with E-state index < -0.39 is 0 Å². The molecular formula is C17H30ClN3S. The molecule has 4 saturated carbocycles. The fraction of sp³-hybridized carbons (Fsp3) is 0.882. The highest BCUT2D eigenvalue weighted by atomic mass is 35.5. The summed E-state index contributed by atoms with van der Waals surface area (Å²) in [4.78, 5) is 0. The Labute approximate surface area is 146 Å². The van der Waals surface area contributed by atoms with Gasteiger partial charge in [-0.3, -0.25) is 5.43 Å². The summed E-state index contributed by atoms with van der Waals surface area (Å²) in [5, 5.41) is 5.00. The van der Waals surface area contributed by atoms with E-state index in [0.717, 1.165) is 11.8 Å². The van der Waals surface area contributed by atoms with E-state index in [0.29, 0.717) is 16.4 Å². The van der Waals surface area contributed by atoms with E-state index in [9.17, 15) is 0 Å². The smallest absolute Gasteiger partial charge is 0.184 e. The Morgan fingerprint density at radius 2 is 1.91 bits per heavy atom. The van der Waals surface area contributed by atoms with Crippen molar-refractivity contribution in [3.63, 3.8) is 0 Å². The number of hydrazone groups is 1. The highest BCUT2D eigenvalue weighted by Crippen LogP contribution is 2.60. The number of hydrogen-bond acceptors (Lipinski definition) is 2. The van der Waals surface area contributed by atoms with Gasteiger partial charge in [0.05, 0.1) is 0 Å². The third kappa shape index (κ3) is 3.59. The molecule has 22 heavy (non-hydrogen) atoms. The lowest BCUT2D eigenvalue weighted by molar-refractivity contribution is 0.0397. The van der Waals surface area contributed by atoms with Gasteiger partial charge in [-0.15, -0.1) is 12.4 Å². The van der Waals surface area contributed by atoms with Gasteiger partial charge in [-0.05, 0) is 62.6 Å². The molecule has 0 heterocycles. The molecule has 0 saturated heterocycles. The number of thiocarbonyl (C=S) groups is 1. The van der Waals surface area contributed by atoms with Gasteiger partial charge in [0.2, 0.25) is 0 Å². The van der Waals surface area contributed by atoms with Crippen LogP contribution in [0.25, 0.3) is 0 Å². The molecule has 0 spiro atoms. The second-order valence-electron chi connectivity index (χ2n) is 7.61. The Kier molecular flexibility index (Phi) is 6.12. The third-order valence-corrected chi connectivity index (χ3v) is 6.08. The Morgan fingerprint density at radius 1 is 1.23 bits per heavy atom. The van der Waals surface area contributed by atoms with Crippen LogP contribution in [-0.2, 0) is 0 Å².